The number of aromatic nitrogens is 1. The average molecular weight is 398 g/mol. The van der Waals surface area contributed by atoms with Gasteiger partial charge in [-0.05, 0) is 49.1 Å². The topological polar surface area (TPSA) is 54.4 Å². The Hall–Kier alpha value is -2.18. The number of benzene rings is 2. The van der Waals surface area contributed by atoms with Gasteiger partial charge < -0.3 is 0 Å². The molecule has 0 bridgehead atoms. The van der Waals surface area contributed by atoms with Crippen LogP contribution >= 0.6 is 23.1 Å². The maximum absolute atomic E-state index is 12.2. The fraction of sp³-hybridized carbons (Fsp3) is 0.286. The van der Waals surface area contributed by atoms with E-state index >= 15 is 0 Å². The van der Waals surface area contributed by atoms with Gasteiger partial charge in [0.25, 0.3) is 5.91 Å². The Kier molecular flexibility index (Phi) is 6.63. The molecule has 0 saturated heterocycles. The molecule has 6 heteroatoms. The van der Waals surface area contributed by atoms with Crippen LogP contribution in [0.5, 0.6) is 0 Å². The van der Waals surface area contributed by atoms with Crippen molar-refractivity contribution in [3.8, 4) is 0 Å². The van der Waals surface area contributed by atoms with Crippen LogP contribution in [0.15, 0.2) is 58.0 Å². The molecular weight excluding hydrogens is 374 g/mol. The second kappa shape index (κ2) is 9.15. The largest absolute Gasteiger partial charge is 0.271 e. The third-order valence-electron chi connectivity index (χ3n) is 4.51. The number of thiazole rings is 1. The van der Waals surface area contributed by atoms with Gasteiger partial charge in [-0.15, -0.1) is 11.3 Å². The summed E-state index contributed by atoms with van der Waals surface area (Å²) >= 11 is 3.43. The zero-order valence-electron chi connectivity index (χ0n) is 15.7. The van der Waals surface area contributed by atoms with Gasteiger partial charge in [-0.3, -0.25) is 4.79 Å². The molecule has 1 heterocycles. The number of hydrogen-bond acceptors (Lipinski definition) is 5. The molecule has 0 aliphatic rings. The summed E-state index contributed by atoms with van der Waals surface area (Å²) in [6.45, 7) is 6.15. The third kappa shape index (κ3) is 5.17. The van der Waals surface area contributed by atoms with Gasteiger partial charge in [-0.2, -0.15) is 5.10 Å². The van der Waals surface area contributed by atoms with Crippen molar-refractivity contribution in [1.82, 2.24) is 10.4 Å². The summed E-state index contributed by atoms with van der Waals surface area (Å²) in [5.41, 5.74) is 6.41. The smallest absolute Gasteiger partial charge is 0.267 e. The van der Waals surface area contributed by atoms with Crippen LogP contribution in [0.2, 0.25) is 0 Å². The van der Waals surface area contributed by atoms with Crippen molar-refractivity contribution in [2.45, 2.75) is 37.3 Å². The number of nitrogens with zero attached hydrogens (tertiary/aromatic N) is 2. The van der Waals surface area contributed by atoms with E-state index in [0.717, 1.165) is 33.3 Å². The van der Waals surface area contributed by atoms with Crippen molar-refractivity contribution in [3.63, 3.8) is 0 Å². The fourth-order valence-electron chi connectivity index (χ4n) is 2.42. The van der Waals surface area contributed by atoms with Crippen LogP contribution in [0.3, 0.4) is 0 Å². The summed E-state index contributed by atoms with van der Waals surface area (Å²) in [5.74, 6) is 1.02. The maximum Gasteiger partial charge on any atom is 0.271 e. The number of thioether (sulfide) groups is 1. The van der Waals surface area contributed by atoms with E-state index in [0.29, 0.717) is 11.5 Å². The second-order valence-corrected chi connectivity index (χ2v) is 8.69. The van der Waals surface area contributed by atoms with Crippen molar-refractivity contribution in [1.29, 1.82) is 0 Å². The van der Waals surface area contributed by atoms with Crippen LogP contribution in [0.4, 0.5) is 0 Å². The lowest BCUT2D eigenvalue weighted by molar-refractivity contribution is 0.0954. The second-order valence-electron chi connectivity index (χ2n) is 6.44. The molecule has 0 unspecified atom stereocenters. The van der Waals surface area contributed by atoms with Gasteiger partial charge in [0, 0.05) is 17.0 Å². The summed E-state index contributed by atoms with van der Waals surface area (Å²) in [7, 11) is 0. The SMILES string of the molecule is CC[C@H](C)/C(C)=N\NC(=O)c1ccc(CSc2nc3ccccc3s2)cc1. The van der Waals surface area contributed by atoms with Gasteiger partial charge in [-0.1, -0.05) is 49.9 Å². The first-order chi connectivity index (χ1) is 13.1. The van der Waals surface area contributed by atoms with Gasteiger partial charge in [0.05, 0.1) is 10.2 Å². The van der Waals surface area contributed by atoms with Crippen molar-refractivity contribution in [2.75, 3.05) is 0 Å². The Morgan fingerprint density at radius 3 is 2.67 bits per heavy atom. The molecule has 2 aromatic carbocycles. The standard InChI is InChI=1S/C21H23N3OS2/c1-4-14(2)15(3)23-24-20(25)17-11-9-16(10-12-17)13-26-21-22-18-7-5-6-8-19(18)27-21/h5-12,14H,4,13H2,1-3H3,(H,24,25)/b23-15-/t14-/m0/s1. The van der Waals surface area contributed by atoms with Crippen molar-refractivity contribution in [3.05, 3.63) is 59.7 Å². The monoisotopic (exact) mass is 397 g/mol. The minimum Gasteiger partial charge on any atom is -0.267 e. The molecule has 0 aliphatic heterocycles. The Bertz CT molecular complexity index is 914. The third-order valence-corrected chi connectivity index (χ3v) is 6.76. The van der Waals surface area contributed by atoms with Gasteiger partial charge in [0.15, 0.2) is 4.34 Å². The first kappa shape index (κ1) is 19.6. The molecule has 0 fully saturated rings. The molecule has 0 saturated carbocycles. The number of rotatable bonds is 7. The molecule has 3 aromatic rings. The molecular formula is C21H23N3OS2. The summed E-state index contributed by atoms with van der Waals surface area (Å²) in [4.78, 5) is 16.9. The number of fused-ring (bicyclic) bond motifs is 1. The molecule has 4 nitrogen and oxygen atoms in total. The highest BCUT2D eigenvalue weighted by atomic mass is 32.2. The normalized spacial score (nSPS) is 12.9. The van der Waals surface area contributed by atoms with E-state index < -0.39 is 0 Å². The van der Waals surface area contributed by atoms with Gasteiger partial charge in [0.1, 0.15) is 0 Å². The summed E-state index contributed by atoms with van der Waals surface area (Å²) in [6.07, 6.45) is 1.01. The summed E-state index contributed by atoms with van der Waals surface area (Å²) in [6, 6.07) is 15.8. The van der Waals surface area contributed by atoms with E-state index in [2.05, 4.69) is 35.4 Å². The molecule has 1 atom stereocenters. The molecule has 3 rings (SSSR count). The van der Waals surface area contributed by atoms with E-state index in [9.17, 15) is 4.79 Å². The van der Waals surface area contributed by atoms with Crippen LogP contribution in [0, 0.1) is 5.92 Å². The van der Waals surface area contributed by atoms with Crippen LogP contribution in [-0.2, 0) is 5.75 Å². The molecule has 27 heavy (non-hydrogen) atoms. The molecule has 0 spiro atoms. The lowest BCUT2D eigenvalue weighted by atomic mass is 10.1. The van der Waals surface area contributed by atoms with Gasteiger partial charge in [-0.25, -0.2) is 10.4 Å². The number of nitrogens with one attached hydrogen (secondary N) is 1. The number of carbonyl (C=O) groups excluding carboxylic acids is 1. The highest BCUT2D eigenvalue weighted by Crippen LogP contribution is 2.31. The predicted octanol–water partition coefficient (Wildman–Crippen LogP) is 5.74. The highest BCUT2D eigenvalue weighted by molar-refractivity contribution is 8.00. The zero-order valence-corrected chi connectivity index (χ0v) is 17.4. The van der Waals surface area contributed by atoms with Crippen LogP contribution in [0.25, 0.3) is 10.2 Å². The number of hydrazone groups is 1. The zero-order chi connectivity index (χ0) is 19.2. The Morgan fingerprint density at radius 1 is 1.22 bits per heavy atom. The molecule has 0 radical (unpaired) electrons. The Balaban J connectivity index is 1.57. The number of para-hydroxylation sites is 1. The van der Waals surface area contributed by atoms with Crippen molar-refractivity contribution in [2.24, 2.45) is 11.0 Å². The van der Waals surface area contributed by atoms with Gasteiger partial charge in [0.2, 0.25) is 0 Å². The number of carbonyl (C=O) groups is 1. The predicted molar refractivity (Wildman–Crippen MR) is 116 cm³/mol. The van der Waals surface area contributed by atoms with E-state index in [4.69, 9.17) is 0 Å². The van der Waals surface area contributed by atoms with Crippen molar-refractivity contribution >= 4 is 44.9 Å². The molecule has 1 amide bonds. The lowest BCUT2D eigenvalue weighted by Crippen LogP contribution is -2.20. The van der Waals surface area contributed by atoms with E-state index in [1.54, 1.807) is 23.1 Å². The lowest BCUT2D eigenvalue weighted by Gasteiger charge is -2.08. The summed E-state index contributed by atoms with van der Waals surface area (Å²) in [5, 5.41) is 4.20. The highest BCUT2D eigenvalue weighted by Gasteiger charge is 2.08. The van der Waals surface area contributed by atoms with Crippen LogP contribution < -0.4 is 5.43 Å². The van der Waals surface area contributed by atoms with E-state index in [-0.39, 0.29) is 5.91 Å². The number of hydrogen-bond donors (Lipinski definition) is 1. The Labute approximate surface area is 168 Å². The minimum atomic E-state index is -0.178. The average Bonchev–Trinajstić information content (AvgIpc) is 3.13. The fourth-order valence-corrected chi connectivity index (χ4v) is 4.44. The number of amides is 1. The molecule has 0 aliphatic carbocycles. The summed E-state index contributed by atoms with van der Waals surface area (Å²) < 4.78 is 2.27. The Morgan fingerprint density at radius 2 is 1.96 bits per heavy atom. The van der Waals surface area contributed by atoms with Crippen LogP contribution in [0.1, 0.15) is 43.1 Å². The van der Waals surface area contributed by atoms with E-state index in [1.165, 1.54) is 4.70 Å². The van der Waals surface area contributed by atoms with E-state index in [1.807, 2.05) is 49.4 Å². The van der Waals surface area contributed by atoms with Crippen molar-refractivity contribution < 1.29 is 4.79 Å². The molecule has 1 aromatic heterocycles. The van der Waals surface area contributed by atoms with Gasteiger partial charge >= 0.3 is 0 Å². The minimum absolute atomic E-state index is 0.178. The molecule has 140 valence electrons. The quantitative estimate of drug-likeness (QED) is 0.314. The first-order valence-corrected chi connectivity index (χ1v) is 10.8. The van der Waals surface area contributed by atoms with Crippen LogP contribution in [-0.4, -0.2) is 16.6 Å². The molecule has 1 N–H and O–H groups in total. The first-order valence-electron chi connectivity index (χ1n) is 8.98. The maximum atomic E-state index is 12.2.